The first kappa shape index (κ1) is 6.22. The average molecular weight is 142 g/mol. The topological polar surface area (TPSA) is 56.0 Å². The van der Waals surface area contributed by atoms with Crippen molar-refractivity contribution in [1.82, 2.24) is 4.98 Å². The lowest BCUT2D eigenvalue weighted by molar-refractivity contribution is 0.101. The van der Waals surface area contributed by atoms with Crippen molar-refractivity contribution in [2.75, 3.05) is 5.73 Å². The number of hydrogen-bond donors (Lipinski definition) is 1. The van der Waals surface area contributed by atoms with E-state index in [1.54, 1.807) is 5.51 Å². The minimum atomic E-state index is -0.0752. The zero-order valence-corrected chi connectivity index (χ0v) is 5.73. The first-order chi connectivity index (χ1) is 4.22. The molecule has 4 heteroatoms. The Morgan fingerprint density at radius 1 is 1.89 bits per heavy atom. The van der Waals surface area contributed by atoms with Crippen LogP contribution in [0.3, 0.4) is 0 Å². The van der Waals surface area contributed by atoms with Gasteiger partial charge in [0.1, 0.15) is 10.7 Å². The van der Waals surface area contributed by atoms with Crippen molar-refractivity contribution in [3.05, 3.63) is 11.2 Å². The van der Waals surface area contributed by atoms with Crippen LogP contribution in [0.25, 0.3) is 0 Å². The molecule has 0 unspecified atom stereocenters. The minimum Gasteiger partial charge on any atom is -0.389 e. The molecule has 9 heavy (non-hydrogen) atoms. The van der Waals surface area contributed by atoms with Gasteiger partial charge in [-0.3, -0.25) is 4.79 Å². The van der Waals surface area contributed by atoms with E-state index in [9.17, 15) is 4.79 Å². The maximum atomic E-state index is 10.6. The minimum absolute atomic E-state index is 0.0752. The molecule has 0 aliphatic carbocycles. The number of ketones is 1. The van der Waals surface area contributed by atoms with E-state index in [1.807, 2.05) is 0 Å². The summed E-state index contributed by atoms with van der Waals surface area (Å²) in [6.45, 7) is 1.45. The lowest BCUT2D eigenvalue weighted by Gasteiger charge is -1.86. The van der Waals surface area contributed by atoms with Crippen LogP contribution in [0.5, 0.6) is 0 Å². The predicted octanol–water partition coefficient (Wildman–Crippen LogP) is 0.928. The molecule has 0 spiro atoms. The van der Waals surface area contributed by atoms with Crippen molar-refractivity contribution in [2.45, 2.75) is 6.92 Å². The molecule has 0 radical (unpaired) electrons. The predicted molar refractivity (Wildman–Crippen MR) is 36.5 cm³/mol. The van der Waals surface area contributed by atoms with Gasteiger partial charge in [0.15, 0.2) is 5.78 Å². The van der Waals surface area contributed by atoms with Gasteiger partial charge in [-0.2, -0.15) is 0 Å². The standard InChI is InChI=1S/C5H6N2OS/c1-3(8)4-5(6)9-2-7-4/h2H,6H2,1H3. The summed E-state index contributed by atoms with van der Waals surface area (Å²) in [5.41, 5.74) is 7.33. The number of aromatic nitrogens is 1. The second kappa shape index (κ2) is 2.14. The highest BCUT2D eigenvalue weighted by Crippen LogP contribution is 2.14. The molecule has 48 valence electrons. The van der Waals surface area contributed by atoms with Crippen molar-refractivity contribution in [3.63, 3.8) is 0 Å². The lowest BCUT2D eigenvalue weighted by atomic mass is 10.3. The largest absolute Gasteiger partial charge is 0.389 e. The highest BCUT2D eigenvalue weighted by atomic mass is 32.1. The van der Waals surface area contributed by atoms with E-state index < -0.39 is 0 Å². The molecule has 0 atom stereocenters. The normalized spacial score (nSPS) is 9.44. The van der Waals surface area contributed by atoms with E-state index in [2.05, 4.69) is 4.98 Å². The Morgan fingerprint density at radius 2 is 2.56 bits per heavy atom. The Balaban J connectivity index is 3.08. The van der Waals surface area contributed by atoms with Crippen LogP contribution in [-0.4, -0.2) is 10.8 Å². The highest BCUT2D eigenvalue weighted by Gasteiger charge is 2.05. The van der Waals surface area contributed by atoms with Crippen molar-refractivity contribution in [1.29, 1.82) is 0 Å². The van der Waals surface area contributed by atoms with Crippen LogP contribution in [0.1, 0.15) is 17.4 Å². The quantitative estimate of drug-likeness (QED) is 0.593. The van der Waals surface area contributed by atoms with Crippen molar-refractivity contribution in [3.8, 4) is 0 Å². The number of thiazole rings is 1. The van der Waals surface area contributed by atoms with Gasteiger partial charge in [0.25, 0.3) is 0 Å². The van der Waals surface area contributed by atoms with E-state index in [0.29, 0.717) is 10.7 Å². The van der Waals surface area contributed by atoms with Crippen LogP contribution < -0.4 is 5.73 Å². The number of anilines is 1. The summed E-state index contributed by atoms with van der Waals surface area (Å²) >= 11 is 1.28. The average Bonchev–Trinajstić information content (AvgIpc) is 2.13. The number of carbonyl (C=O) groups excluding carboxylic acids is 1. The maximum Gasteiger partial charge on any atom is 0.181 e. The third-order valence-electron chi connectivity index (χ3n) is 0.928. The fourth-order valence-corrected chi connectivity index (χ4v) is 1.10. The maximum absolute atomic E-state index is 10.6. The molecule has 1 heterocycles. The molecule has 0 saturated heterocycles. The second-order valence-corrected chi connectivity index (χ2v) is 2.51. The zero-order valence-electron chi connectivity index (χ0n) is 4.92. The fraction of sp³-hybridized carbons (Fsp3) is 0.200. The molecule has 0 aromatic carbocycles. The van der Waals surface area contributed by atoms with Crippen molar-refractivity contribution < 1.29 is 4.79 Å². The summed E-state index contributed by atoms with van der Waals surface area (Å²) in [5.74, 6) is -0.0752. The molecule has 0 aliphatic heterocycles. The molecule has 0 bridgehead atoms. The monoisotopic (exact) mass is 142 g/mol. The highest BCUT2D eigenvalue weighted by molar-refractivity contribution is 7.14. The Hall–Kier alpha value is -0.900. The number of nitrogen functional groups attached to an aromatic ring is 1. The summed E-state index contributed by atoms with van der Waals surface area (Å²) in [4.78, 5) is 14.4. The molecule has 0 amide bonds. The van der Waals surface area contributed by atoms with E-state index in [4.69, 9.17) is 5.73 Å². The van der Waals surface area contributed by atoms with Crippen molar-refractivity contribution >= 4 is 22.1 Å². The number of nitrogens with zero attached hydrogens (tertiary/aromatic N) is 1. The number of nitrogens with two attached hydrogens (primary N) is 1. The molecular weight excluding hydrogens is 136 g/mol. The Morgan fingerprint density at radius 3 is 2.78 bits per heavy atom. The number of Topliss-reactive ketones (excluding diaryl/α,β-unsaturated/α-hetero) is 1. The molecule has 0 fully saturated rings. The van der Waals surface area contributed by atoms with Crippen LogP contribution in [0.4, 0.5) is 5.00 Å². The van der Waals surface area contributed by atoms with Gasteiger partial charge >= 0.3 is 0 Å². The summed E-state index contributed by atoms with van der Waals surface area (Å²) in [6, 6.07) is 0. The first-order valence-electron chi connectivity index (χ1n) is 2.41. The van der Waals surface area contributed by atoms with E-state index >= 15 is 0 Å². The molecule has 1 aromatic rings. The Labute approximate surface area is 56.5 Å². The van der Waals surface area contributed by atoms with Gasteiger partial charge < -0.3 is 5.73 Å². The van der Waals surface area contributed by atoms with Crippen LogP contribution in [0.2, 0.25) is 0 Å². The Kier molecular flexibility index (Phi) is 1.48. The van der Waals surface area contributed by atoms with E-state index in [1.165, 1.54) is 18.3 Å². The fourth-order valence-electron chi connectivity index (χ4n) is 0.520. The number of hydrogen-bond acceptors (Lipinski definition) is 4. The van der Waals surface area contributed by atoms with Gasteiger partial charge in [0.2, 0.25) is 0 Å². The van der Waals surface area contributed by atoms with Gasteiger partial charge in [-0.25, -0.2) is 4.98 Å². The van der Waals surface area contributed by atoms with Crippen LogP contribution in [-0.2, 0) is 0 Å². The van der Waals surface area contributed by atoms with Gasteiger partial charge in [-0.1, -0.05) is 0 Å². The molecule has 1 aromatic heterocycles. The second-order valence-electron chi connectivity index (χ2n) is 1.62. The smallest absolute Gasteiger partial charge is 0.181 e. The van der Waals surface area contributed by atoms with Crippen LogP contribution >= 0.6 is 11.3 Å². The van der Waals surface area contributed by atoms with Crippen LogP contribution in [0, 0.1) is 0 Å². The van der Waals surface area contributed by atoms with Gasteiger partial charge in [0, 0.05) is 6.92 Å². The lowest BCUT2D eigenvalue weighted by Crippen LogP contribution is -1.96. The first-order valence-corrected chi connectivity index (χ1v) is 3.29. The molecule has 3 nitrogen and oxygen atoms in total. The summed E-state index contributed by atoms with van der Waals surface area (Å²) < 4.78 is 0. The van der Waals surface area contributed by atoms with E-state index in [0.717, 1.165) is 0 Å². The summed E-state index contributed by atoms with van der Waals surface area (Å²) in [7, 11) is 0. The SMILES string of the molecule is CC(=O)c1ncsc1N. The molecule has 2 N–H and O–H groups in total. The third kappa shape index (κ3) is 1.08. The van der Waals surface area contributed by atoms with Crippen LogP contribution in [0.15, 0.2) is 5.51 Å². The van der Waals surface area contributed by atoms with Crippen molar-refractivity contribution in [2.24, 2.45) is 0 Å². The third-order valence-corrected chi connectivity index (χ3v) is 1.59. The zero-order chi connectivity index (χ0) is 6.85. The van der Waals surface area contributed by atoms with Gasteiger partial charge in [-0.15, -0.1) is 11.3 Å². The van der Waals surface area contributed by atoms with Gasteiger partial charge in [-0.05, 0) is 0 Å². The number of rotatable bonds is 1. The molecule has 0 saturated carbocycles. The summed E-state index contributed by atoms with van der Waals surface area (Å²) in [5, 5.41) is 0.502. The Bertz CT molecular complexity index is 231. The number of carbonyl (C=O) groups is 1. The van der Waals surface area contributed by atoms with E-state index in [-0.39, 0.29) is 5.78 Å². The van der Waals surface area contributed by atoms with Gasteiger partial charge in [0.05, 0.1) is 5.51 Å². The molecular formula is C5H6N2OS. The summed E-state index contributed by atoms with van der Waals surface area (Å²) in [6.07, 6.45) is 0. The molecule has 1 rings (SSSR count). The molecule has 0 aliphatic rings.